The van der Waals surface area contributed by atoms with Crippen LogP contribution in [0, 0.1) is 0 Å². The second-order valence-electron chi connectivity index (χ2n) is 2.46. The van der Waals surface area contributed by atoms with E-state index in [0.717, 1.165) is 22.9 Å². The number of hydrogen-bond acceptors (Lipinski definition) is 4. The first-order valence-corrected chi connectivity index (χ1v) is 4.28. The van der Waals surface area contributed by atoms with Gasteiger partial charge in [0.2, 0.25) is 0 Å². The summed E-state index contributed by atoms with van der Waals surface area (Å²) in [5, 5.41) is 0. The predicted octanol–water partition coefficient (Wildman–Crippen LogP) is 1.43. The van der Waals surface area contributed by atoms with Crippen LogP contribution in [0.1, 0.15) is 5.56 Å². The predicted molar refractivity (Wildman–Crippen MR) is 47.2 cm³/mol. The number of fused-ring (bicyclic) bond motifs is 1. The molecular formula is C8H6N2OS. The van der Waals surface area contributed by atoms with Crippen molar-refractivity contribution in [1.29, 1.82) is 0 Å². The van der Waals surface area contributed by atoms with Crippen LogP contribution in [-0.2, 0) is 11.2 Å². The first-order chi connectivity index (χ1) is 5.90. The van der Waals surface area contributed by atoms with Gasteiger partial charge in [-0.2, -0.15) is 8.75 Å². The maximum Gasteiger partial charge on any atom is 0.124 e. The van der Waals surface area contributed by atoms with E-state index in [1.807, 2.05) is 18.2 Å². The van der Waals surface area contributed by atoms with Gasteiger partial charge >= 0.3 is 0 Å². The van der Waals surface area contributed by atoms with Gasteiger partial charge < -0.3 is 4.79 Å². The Hall–Kier alpha value is -1.29. The smallest absolute Gasteiger partial charge is 0.124 e. The van der Waals surface area contributed by atoms with Gasteiger partial charge in [0.05, 0.1) is 11.7 Å². The van der Waals surface area contributed by atoms with Gasteiger partial charge in [-0.15, -0.1) is 0 Å². The van der Waals surface area contributed by atoms with Gasteiger partial charge in [0.25, 0.3) is 0 Å². The summed E-state index contributed by atoms with van der Waals surface area (Å²) in [6, 6.07) is 5.68. The van der Waals surface area contributed by atoms with E-state index in [1.165, 1.54) is 11.7 Å². The number of hydrogen-bond donors (Lipinski definition) is 0. The highest BCUT2D eigenvalue weighted by Crippen LogP contribution is 2.13. The molecule has 60 valence electrons. The molecule has 0 radical (unpaired) electrons. The second kappa shape index (κ2) is 2.98. The van der Waals surface area contributed by atoms with Gasteiger partial charge in [-0.1, -0.05) is 6.07 Å². The van der Waals surface area contributed by atoms with Crippen molar-refractivity contribution in [1.82, 2.24) is 8.75 Å². The van der Waals surface area contributed by atoms with Crippen LogP contribution in [0.2, 0.25) is 0 Å². The number of carbonyl (C=O) groups is 1. The maximum absolute atomic E-state index is 10.2. The molecule has 0 unspecified atom stereocenters. The molecule has 0 spiro atoms. The molecular weight excluding hydrogens is 172 g/mol. The molecule has 0 aliphatic rings. The van der Waals surface area contributed by atoms with E-state index < -0.39 is 0 Å². The Labute approximate surface area is 73.4 Å². The Balaban J connectivity index is 2.52. The molecule has 0 N–H and O–H groups in total. The fourth-order valence-electron chi connectivity index (χ4n) is 1.05. The Morgan fingerprint density at radius 1 is 1.33 bits per heavy atom. The summed E-state index contributed by atoms with van der Waals surface area (Å²) in [7, 11) is 0. The molecule has 2 rings (SSSR count). The van der Waals surface area contributed by atoms with Gasteiger partial charge in [0.1, 0.15) is 17.3 Å². The van der Waals surface area contributed by atoms with Crippen molar-refractivity contribution in [2.24, 2.45) is 0 Å². The van der Waals surface area contributed by atoms with Crippen LogP contribution in [0.5, 0.6) is 0 Å². The molecule has 0 aliphatic carbocycles. The molecule has 0 amide bonds. The highest BCUT2D eigenvalue weighted by molar-refractivity contribution is 7.00. The highest BCUT2D eigenvalue weighted by atomic mass is 32.1. The van der Waals surface area contributed by atoms with Crippen LogP contribution >= 0.6 is 11.7 Å². The largest absolute Gasteiger partial charge is 0.303 e. The number of carbonyl (C=O) groups excluding carboxylic acids is 1. The van der Waals surface area contributed by atoms with Crippen molar-refractivity contribution >= 4 is 29.0 Å². The van der Waals surface area contributed by atoms with Gasteiger partial charge in [-0.25, -0.2) is 0 Å². The van der Waals surface area contributed by atoms with Crippen LogP contribution in [0.3, 0.4) is 0 Å². The summed E-state index contributed by atoms with van der Waals surface area (Å²) in [6.07, 6.45) is 1.34. The lowest BCUT2D eigenvalue weighted by Gasteiger charge is -1.92. The summed E-state index contributed by atoms with van der Waals surface area (Å²) in [5.41, 5.74) is 2.76. The van der Waals surface area contributed by atoms with Crippen LogP contribution in [0.25, 0.3) is 11.0 Å². The first-order valence-electron chi connectivity index (χ1n) is 3.55. The number of benzene rings is 1. The molecule has 0 fully saturated rings. The van der Waals surface area contributed by atoms with E-state index in [0.29, 0.717) is 6.42 Å². The lowest BCUT2D eigenvalue weighted by atomic mass is 10.1. The zero-order valence-electron chi connectivity index (χ0n) is 6.23. The quantitative estimate of drug-likeness (QED) is 0.653. The minimum absolute atomic E-state index is 0.452. The fourth-order valence-corrected chi connectivity index (χ4v) is 1.57. The van der Waals surface area contributed by atoms with Crippen LogP contribution in [0.15, 0.2) is 18.2 Å². The van der Waals surface area contributed by atoms with Gasteiger partial charge in [-0.05, 0) is 17.7 Å². The first kappa shape index (κ1) is 7.36. The molecule has 2 aromatic rings. The molecule has 0 saturated heterocycles. The molecule has 1 heterocycles. The van der Waals surface area contributed by atoms with Crippen LogP contribution in [-0.4, -0.2) is 15.0 Å². The van der Waals surface area contributed by atoms with Crippen LogP contribution in [0.4, 0.5) is 0 Å². The highest BCUT2D eigenvalue weighted by Gasteiger charge is 1.98. The summed E-state index contributed by atoms with van der Waals surface area (Å²) in [4.78, 5) is 10.2. The zero-order chi connectivity index (χ0) is 8.39. The third-order valence-electron chi connectivity index (χ3n) is 1.64. The Morgan fingerprint density at radius 2 is 2.17 bits per heavy atom. The van der Waals surface area contributed by atoms with Gasteiger partial charge in [-0.3, -0.25) is 0 Å². The van der Waals surface area contributed by atoms with Crippen molar-refractivity contribution in [3.05, 3.63) is 23.8 Å². The molecule has 12 heavy (non-hydrogen) atoms. The lowest BCUT2D eigenvalue weighted by molar-refractivity contribution is -0.107. The second-order valence-corrected chi connectivity index (χ2v) is 2.99. The Morgan fingerprint density at radius 3 is 3.00 bits per heavy atom. The van der Waals surface area contributed by atoms with Crippen molar-refractivity contribution in [3.8, 4) is 0 Å². The van der Waals surface area contributed by atoms with E-state index in [2.05, 4.69) is 8.75 Å². The van der Waals surface area contributed by atoms with E-state index in [9.17, 15) is 4.79 Å². The average Bonchev–Trinajstić information content (AvgIpc) is 2.51. The monoisotopic (exact) mass is 178 g/mol. The molecule has 0 saturated carbocycles. The molecule has 0 bridgehead atoms. The van der Waals surface area contributed by atoms with E-state index >= 15 is 0 Å². The minimum Gasteiger partial charge on any atom is -0.303 e. The molecule has 0 aliphatic heterocycles. The number of rotatable bonds is 2. The zero-order valence-corrected chi connectivity index (χ0v) is 7.04. The molecule has 1 aromatic heterocycles. The SMILES string of the molecule is O=CCc1ccc2nsnc2c1. The summed E-state index contributed by atoms with van der Waals surface area (Å²) in [6.45, 7) is 0. The molecule has 3 nitrogen and oxygen atoms in total. The molecule has 1 aromatic carbocycles. The van der Waals surface area contributed by atoms with Crippen molar-refractivity contribution in [3.63, 3.8) is 0 Å². The number of aldehydes is 1. The van der Waals surface area contributed by atoms with Crippen LogP contribution < -0.4 is 0 Å². The Bertz CT molecular complexity index is 410. The van der Waals surface area contributed by atoms with Crippen molar-refractivity contribution in [2.75, 3.05) is 0 Å². The van der Waals surface area contributed by atoms with Crippen molar-refractivity contribution in [2.45, 2.75) is 6.42 Å². The lowest BCUT2D eigenvalue weighted by Crippen LogP contribution is -1.84. The van der Waals surface area contributed by atoms with E-state index in [1.54, 1.807) is 0 Å². The molecule has 0 atom stereocenters. The number of nitrogens with zero attached hydrogens (tertiary/aromatic N) is 2. The maximum atomic E-state index is 10.2. The summed E-state index contributed by atoms with van der Waals surface area (Å²) < 4.78 is 8.14. The van der Waals surface area contributed by atoms with Gasteiger partial charge in [0, 0.05) is 6.42 Å². The summed E-state index contributed by atoms with van der Waals surface area (Å²) >= 11 is 1.19. The minimum atomic E-state index is 0.452. The van der Waals surface area contributed by atoms with Crippen molar-refractivity contribution < 1.29 is 4.79 Å². The number of aromatic nitrogens is 2. The van der Waals surface area contributed by atoms with Gasteiger partial charge in [0.15, 0.2) is 0 Å². The van der Waals surface area contributed by atoms with E-state index in [4.69, 9.17) is 0 Å². The topological polar surface area (TPSA) is 42.9 Å². The normalized spacial score (nSPS) is 10.3. The third kappa shape index (κ3) is 1.21. The molecule has 4 heteroatoms. The average molecular weight is 178 g/mol. The fraction of sp³-hybridized carbons (Fsp3) is 0.125. The summed E-state index contributed by atoms with van der Waals surface area (Å²) in [5.74, 6) is 0. The Kier molecular flexibility index (Phi) is 1.83. The van der Waals surface area contributed by atoms with E-state index in [-0.39, 0.29) is 0 Å². The third-order valence-corrected chi connectivity index (χ3v) is 2.19. The standard InChI is InChI=1S/C8H6N2OS/c11-4-3-6-1-2-7-8(5-6)10-12-9-7/h1-2,4-5H,3H2.